The molecule has 7 nitrogen and oxygen atoms in total. The van der Waals surface area contributed by atoms with Crippen LogP contribution < -0.4 is 9.62 Å². The second-order valence-corrected chi connectivity index (χ2v) is 11.7. The quantitative estimate of drug-likeness (QED) is 0.303. The molecule has 0 bridgehead atoms. The van der Waals surface area contributed by atoms with E-state index in [0.29, 0.717) is 23.6 Å². The van der Waals surface area contributed by atoms with E-state index in [9.17, 15) is 18.0 Å². The first-order valence-corrected chi connectivity index (χ1v) is 15.0. The minimum Gasteiger partial charge on any atom is -0.352 e. The van der Waals surface area contributed by atoms with E-state index in [4.69, 9.17) is 11.6 Å². The van der Waals surface area contributed by atoms with Gasteiger partial charge >= 0.3 is 0 Å². The molecule has 0 spiro atoms. The number of para-hydroxylation sites is 1. The molecule has 0 aromatic heterocycles. The lowest BCUT2D eigenvalue weighted by atomic mass is 10.1. The molecule has 39 heavy (non-hydrogen) atoms. The van der Waals surface area contributed by atoms with Crippen LogP contribution in [-0.4, -0.2) is 50.3 Å². The summed E-state index contributed by atoms with van der Waals surface area (Å²) in [6.07, 6.45) is 1.66. The highest BCUT2D eigenvalue weighted by Gasteiger charge is 2.33. The summed E-state index contributed by atoms with van der Waals surface area (Å²) in [5, 5.41) is 3.39. The molecule has 3 aromatic carbocycles. The van der Waals surface area contributed by atoms with Crippen LogP contribution in [0.25, 0.3) is 0 Å². The molecule has 0 heterocycles. The fourth-order valence-corrected chi connectivity index (χ4v) is 5.73. The second-order valence-electron chi connectivity index (χ2n) is 9.37. The van der Waals surface area contributed by atoms with Crippen molar-refractivity contribution in [3.63, 3.8) is 0 Å². The number of carbonyl (C=O) groups is 2. The SMILES string of the molecule is CC[C@H](C)NC(=O)[C@H](CC)N(CCc1ccccc1)C(=O)CN(c1ccccc1)S(=O)(=O)c1ccc(Cl)cc1. The average molecular weight is 570 g/mol. The van der Waals surface area contributed by atoms with Crippen LogP contribution in [0.3, 0.4) is 0 Å². The second kappa shape index (κ2) is 14.1. The number of nitrogens with one attached hydrogen (secondary N) is 1. The standard InChI is InChI=1S/C30H36ClN3O4S/c1-4-23(3)32-30(36)28(5-2)33(21-20-24-12-8-6-9-13-24)29(35)22-34(26-14-10-7-11-15-26)39(37,38)27-18-16-25(31)17-19-27/h6-19,23,28H,4-5,20-22H2,1-3H3,(H,32,36)/t23-,28-/m0/s1. The van der Waals surface area contributed by atoms with Crippen molar-refractivity contribution in [1.29, 1.82) is 0 Å². The zero-order chi connectivity index (χ0) is 28.4. The summed E-state index contributed by atoms with van der Waals surface area (Å²) < 4.78 is 28.6. The van der Waals surface area contributed by atoms with Gasteiger partial charge in [0.15, 0.2) is 0 Å². The molecule has 3 rings (SSSR count). The van der Waals surface area contributed by atoms with Crippen molar-refractivity contribution in [2.24, 2.45) is 0 Å². The molecule has 1 N–H and O–H groups in total. The Morgan fingerprint density at radius 1 is 0.872 bits per heavy atom. The predicted molar refractivity (Wildman–Crippen MR) is 156 cm³/mol. The number of carbonyl (C=O) groups excluding carboxylic acids is 2. The number of hydrogen-bond acceptors (Lipinski definition) is 4. The highest BCUT2D eigenvalue weighted by molar-refractivity contribution is 7.92. The maximum Gasteiger partial charge on any atom is 0.264 e. The topological polar surface area (TPSA) is 86.8 Å². The fourth-order valence-electron chi connectivity index (χ4n) is 4.19. The van der Waals surface area contributed by atoms with Crippen LogP contribution in [0.5, 0.6) is 0 Å². The molecule has 0 aliphatic rings. The van der Waals surface area contributed by atoms with Crippen molar-refractivity contribution in [2.75, 3.05) is 17.4 Å². The van der Waals surface area contributed by atoms with Gasteiger partial charge in [-0.3, -0.25) is 13.9 Å². The zero-order valence-electron chi connectivity index (χ0n) is 22.6. The molecule has 208 valence electrons. The monoisotopic (exact) mass is 569 g/mol. The summed E-state index contributed by atoms with van der Waals surface area (Å²) in [7, 11) is -4.12. The first kappa shape index (κ1) is 30.2. The maximum absolute atomic E-state index is 14.0. The minimum atomic E-state index is -4.12. The maximum atomic E-state index is 14.0. The molecule has 0 aliphatic carbocycles. The van der Waals surface area contributed by atoms with Crippen molar-refractivity contribution < 1.29 is 18.0 Å². The van der Waals surface area contributed by atoms with Crippen molar-refractivity contribution in [1.82, 2.24) is 10.2 Å². The lowest BCUT2D eigenvalue weighted by Crippen LogP contribution is -2.54. The third-order valence-corrected chi connectivity index (χ3v) is 8.64. The van der Waals surface area contributed by atoms with Gasteiger partial charge in [0.05, 0.1) is 10.6 Å². The van der Waals surface area contributed by atoms with Gasteiger partial charge in [0.1, 0.15) is 12.6 Å². The number of anilines is 1. The first-order chi connectivity index (χ1) is 18.7. The van der Waals surface area contributed by atoms with E-state index >= 15 is 0 Å². The number of benzene rings is 3. The van der Waals surface area contributed by atoms with Gasteiger partial charge < -0.3 is 10.2 Å². The Balaban J connectivity index is 1.98. The summed E-state index contributed by atoms with van der Waals surface area (Å²) in [5.41, 5.74) is 1.36. The molecule has 9 heteroatoms. The van der Waals surface area contributed by atoms with Crippen LogP contribution in [0.15, 0.2) is 89.8 Å². The molecule has 0 fully saturated rings. The lowest BCUT2D eigenvalue weighted by molar-refractivity contribution is -0.139. The van der Waals surface area contributed by atoms with Crippen molar-refractivity contribution in [3.05, 3.63) is 95.5 Å². The molecule has 0 saturated carbocycles. The van der Waals surface area contributed by atoms with E-state index in [-0.39, 0.29) is 23.4 Å². The molecule has 2 amide bonds. The highest BCUT2D eigenvalue weighted by atomic mass is 35.5. The summed E-state index contributed by atoms with van der Waals surface area (Å²) in [4.78, 5) is 28.7. The molecule has 0 unspecified atom stereocenters. The third-order valence-electron chi connectivity index (χ3n) is 6.60. The van der Waals surface area contributed by atoms with E-state index in [1.165, 1.54) is 29.2 Å². The summed E-state index contributed by atoms with van der Waals surface area (Å²) in [5.74, 6) is -0.710. The van der Waals surface area contributed by atoms with Gasteiger partial charge in [-0.05, 0) is 68.1 Å². The van der Waals surface area contributed by atoms with E-state index in [1.807, 2.05) is 51.1 Å². The molecule has 0 aliphatic heterocycles. The number of hydrogen-bond donors (Lipinski definition) is 1. The van der Waals surface area contributed by atoms with E-state index in [0.717, 1.165) is 16.3 Å². The summed E-state index contributed by atoms with van der Waals surface area (Å²) in [6, 6.07) is 23.2. The number of amides is 2. The van der Waals surface area contributed by atoms with Gasteiger partial charge in [0.25, 0.3) is 10.0 Å². The molecule has 2 atom stereocenters. The Hall–Kier alpha value is -3.36. The smallest absolute Gasteiger partial charge is 0.264 e. The van der Waals surface area contributed by atoms with Crippen LogP contribution >= 0.6 is 11.6 Å². The Morgan fingerprint density at radius 2 is 1.46 bits per heavy atom. The Kier molecular flexibility index (Phi) is 10.9. The zero-order valence-corrected chi connectivity index (χ0v) is 24.2. The van der Waals surface area contributed by atoms with Gasteiger partial charge in [-0.25, -0.2) is 8.42 Å². The Labute approximate surface area is 236 Å². The van der Waals surface area contributed by atoms with Crippen LogP contribution in [0.4, 0.5) is 5.69 Å². The van der Waals surface area contributed by atoms with Crippen LogP contribution in [0.2, 0.25) is 5.02 Å². The first-order valence-electron chi connectivity index (χ1n) is 13.1. The van der Waals surface area contributed by atoms with Crippen molar-refractivity contribution in [2.45, 2.75) is 57.0 Å². The van der Waals surface area contributed by atoms with Crippen LogP contribution in [0, 0.1) is 0 Å². The van der Waals surface area contributed by atoms with Gasteiger partial charge in [-0.2, -0.15) is 0 Å². The van der Waals surface area contributed by atoms with Gasteiger partial charge in [0, 0.05) is 17.6 Å². The Bertz CT molecular complexity index is 1320. The van der Waals surface area contributed by atoms with E-state index < -0.39 is 28.5 Å². The lowest BCUT2D eigenvalue weighted by Gasteiger charge is -2.33. The van der Waals surface area contributed by atoms with Gasteiger partial charge in [-0.15, -0.1) is 0 Å². The summed E-state index contributed by atoms with van der Waals surface area (Å²) in [6.45, 7) is 5.54. The summed E-state index contributed by atoms with van der Waals surface area (Å²) >= 11 is 5.99. The van der Waals surface area contributed by atoms with E-state index in [1.54, 1.807) is 30.3 Å². The number of nitrogens with zero attached hydrogens (tertiary/aromatic N) is 2. The normalized spacial score (nSPS) is 12.8. The fraction of sp³-hybridized carbons (Fsp3) is 0.333. The van der Waals surface area contributed by atoms with Crippen LogP contribution in [0.1, 0.15) is 39.2 Å². The molecular formula is C30H36ClN3O4S. The molecule has 0 saturated heterocycles. The van der Waals surface area contributed by atoms with Crippen LogP contribution in [-0.2, 0) is 26.0 Å². The molecular weight excluding hydrogens is 534 g/mol. The van der Waals surface area contributed by atoms with Crippen molar-refractivity contribution in [3.8, 4) is 0 Å². The third kappa shape index (κ3) is 8.07. The predicted octanol–water partition coefficient (Wildman–Crippen LogP) is 5.30. The molecule has 3 aromatic rings. The van der Waals surface area contributed by atoms with Gasteiger partial charge in [0.2, 0.25) is 11.8 Å². The van der Waals surface area contributed by atoms with Gasteiger partial charge in [-0.1, -0.05) is 74.0 Å². The largest absolute Gasteiger partial charge is 0.352 e. The highest BCUT2D eigenvalue weighted by Crippen LogP contribution is 2.25. The van der Waals surface area contributed by atoms with Crippen molar-refractivity contribution >= 4 is 39.1 Å². The average Bonchev–Trinajstić information content (AvgIpc) is 2.94. The number of halogens is 1. The molecule has 0 radical (unpaired) electrons. The van der Waals surface area contributed by atoms with E-state index in [2.05, 4.69) is 5.32 Å². The Morgan fingerprint density at radius 3 is 2.03 bits per heavy atom. The number of sulfonamides is 1. The minimum absolute atomic E-state index is 0.0148. The number of rotatable bonds is 13.